The smallest absolute Gasteiger partial charge is 0.271 e. The van der Waals surface area contributed by atoms with E-state index >= 15 is 0 Å². The van der Waals surface area contributed by atoms with E-state index in [9.17, 15) is 9.59 Å². The number of rotatable bonds is 7. The molecule has 2 aliphatic heterocycles. The minimum atomic E-state index is -1.03. The summed E-state index contributed by atoms with van der Waals surface area (Å²) in [5.41, 5.74) is 0.303. The molecule has 0 spiro atoms. The van der Waals surface area contributed by atoms with Gasteiger partial charge < -0.3 is 29.0 Å². The van der Waals surface area contributed by atoms with Gasteiger partial charge in [0.1, 0.15) is 22.7 Å². The van der Waals surface area contributed by atoms with Gasteiger partial charge in [0.2, 0.25) is 5.91 Å². The van der Waals surface area contributed by atoms with Crippen LogP contribution in [0.15, 0.2) is 18.2 Å². The Bertz CT molecular complexity index is 1100. The normalized spacial score (nSPS) is 23.5. The number of hydrogen-bond acceptors (Lipinski definition) is 6. The molecule has 0 unspecified atom stereocenters. The van der Waals surface area contributed by atoms with Crippen LogP contribution in [0, 0.1) is 0 Å². The van der Waals surface area contributed by atoms with Crippen molar-refractivity contribution >= 4 is 22.7 Å². The van der Waals surface area contributed by atoms with Gasteiger partial charge in [0, 0.05) is 37.6 Å². The third-order valence-electron chi connectivity index (χ3n) is 7.87. The highest BCUT2D eigenvalue weighted by Gasteiger charge is 2.48. The van der Waals surface area contributed by atoms with E-state index in [2.05, 4.69) is 10.2 Å². The molecule has 1 atom stereocenters. The highest BCUT2D eigenvalue weighted by atomic mass is 16.5. The summed E-state index contributed by atoms with van der Waals surface area (Å²) in [4.78, 5) is 31.9. The summed E-state index contributed by atoms with van der Waals surface area (Å²) in [6.45, 7) is 6.49. The molecule has 1 N–H and O–H groups in total. The fourth-order valence-electron chi connectivity index (χ4n) is 5.78. The highest BCUT2D eigenvalue weighted by molar-refractivity contribution is 6.06. The van der Waals surface area contributed by atoms with E-state index in [-0.39, 0.29) is 17.9 Å². The van der Waals surface area contributed by atoms with Gasteiger partial charge in [-0.1, -0.05) is 12.8 Å². The first kappa shape index (κ1) is 23.9. The SMILES string of the molecule is COc1ccc(OC)c2c1cc1n2C[C@](C)(C(=O)NC2CCCC2)N(CCN2CCOCC2)C1=O. The zero-order valence-corrected chi connectivity index (χ0v) is 21.0. The van der Waals surface area contributed by atoms with Crippen LogP contribution in [0.4, 0.5) is 0 Å². The second kappa shape index (κ2) is 9.70. The molecule has 1 aliphatic carbocycles. The maximum Gasteiger partial charge on any atom is 0.271 e. The van der Waals surface area contributed by atoms with Crippen molar-refractivity contribution in [2.45, 2.75) is 50.7 Å². The summed E-state index contributed by atoms with van der Waals surface area (Å²) < 4.78 is 18.7. The Labute approximate surface area is 206 Å². The maximum absolute atomic E-state index is 14.0. The van der Waals surface area contributed by atoms with Crippen LogP contribution in [-0.4, -0.2) is 91.4 Å². The third kappa shape index (κ3) is 4.25. The van der Waals surface area contributed by atoms with E-state index in [1.165, 1.54) is 0 Å². The molecule has 2 amide bonds. The van der Waals surface area contributed by atoms with E-state index in [1.807, 2.05) is 29.7 Å². The molecular weight excluding hydrogens is 448 g/mol. The Kier molecular flexibility index (Phi) is 6.63. The van der Waals surface area contributed by atoms with Crippen molar-refractivity contribution < 1.29 is 23.8 Å². The van der Waals surface area contributed by atoms with E-state index in [4.69, 9.17) is 14.2 Å². The number of amides is 2. The van der Waals surface area contributed by atoms with Crippen LogP contribution in [0.2, 0.25) is 0 Å². The molecule has 3 aliphatic rings. The lowest BCUT2D eigenvalue weighted by Crippen LogP contribution is -2.65. The van der Waals surface area contributed by atoms with Crippen molar-refractivity contribution in [1.29, 1.82) is 0 Å². The van der Waals surface area contributed by atoms with Gasteiger partial charge in [-0.2, -0.15) is 0 Å². The molecule has 35 heavy (non-hydrogen) atoms. The fraction of sp³-hybridized carbons (Fsp3) is 0.615. The van der Waals surface area contributed by atoms with Crippen LogP contribution in [0.25, 0.3) is 10.9 Å². The van der Waals surface area contributed by atoms with Gasteiger partial charge in [-0.05, 0) is 38.0 Å². The molecule has 1 saturated heterocycles. The average Bonchev–Trinajstić information content (AvgIpc) is 3.52. The molecule has 0 radical (unpaired) electrons. The number of hydrogen-bond donors (Lipinski definition) is 1. The van der Waals surface area contributed by atoms with Crippen molar-refractivity contribution in [3.05, 3.63) is 23.9 Å². The van der Waals surface area contributed by atoms with Crippen molar-refractivity contribution in [2.75, 3.05) is 53.6 Å². The van der Waals surface area contributed by atoms with Gasteiger partial charge in [0.05, 0.1) is 39.5 Å². The number of fused-ring (bicyclic) bond motifs is 3. The summed E-state index contributed by atoms with van der Waals surface area (Å²) in [5.74, 6) is 1.09. The maximum atomic E-state index is 14.0. The summed E-state index contributed by atoms with van der Waals surface area (Å²) in [6, 6.07) is 5.74. The molecule has 1 aromatic heterocycles. The Morgan fingerprint density at radius 2 is 1.80 bits per heavy atom. The molecule has 2 aromatic rings. The zero-order valence-electron chi connectivity index (χ0n) is 21.0. The fourth-order valence-corrected chi connectivity index (χ4v) is 5.78. The lowest BCUT2D eigenvalue weighted by atomic mass is 9.94. The van der Waals surface area contributed by atoms with Gasteiger partial charge in [0.15, 0.2) is 0 Å². The number of carbonyl (C=O) groups is 2. The topological polar surface area (TPSA) is 85.3 Å². The molecule has 3 heterocycles. The summed E-state index contributed by atoms with van der Waals surface area (Å²) in [6.07, 6.45) is 4.24. The van der Waals surface area contributed by atoms with Gasteiger partial charge in [0.25, 0.3) is 5.91 Å². The number of benzene rings is 1. The Morgan fingerprint density at radius 3 is 2.49 bits per heavy atom. The lowest BCUT2D eigenvalue weighted by Gasteiger charge is -2.45. The van der Waals surface area contributed by atoms with Gasteiger partial charge in [-0.25, -0.2) is 0 Å². The monoisotopic (exact) mass is 484 g/mol. The van der Waals surface area contributed by atoms with E-state index in [0.717, 1.165) is 49.7 Å². The molecule has 1 saturated carbocycles. The molecular formula is C26H36N4O5. The van der Waals surface area contributed by atoms with Crippen LogP contribution >= 0.6 is 0 Å². The Morgan fingerprint density at radius 1 is 1.11 bits per heavy atom. The second-order valence-electron chi connectivity index (χ2n) is 9.99. The second-order valence-corrected chi connectivity index (χ2v) is 9.99. The van der Waals surface area contributed by atoms with Crippen LogP contribution < -0.4 is 14.8 Å². The van der Waals surface area contributed by atoms with E-state index in [0.29, 0.717) is 50.0 Å². The molecule has 9 heteroatoms. The minimum absolute atomic E-state index is 0.0888. The predicted octanol–water partition coefficient (Wildman–Crippen LogP) is 2.26. The van der Waals surface area contributed by atoms with Crippen molar-refractivity contribution in [3.8, 4) is 11.5 Å². The summed E-state index contributed by atoms with van der Waals surface area (Å²) in [7, 11) is 3.24. The Hall–Kier alpha value is -2.78. The predicted molar refractivity (Wildman–Crippen MR) is 132 cm³/mol. The Balaban J connectivity index is 1.54. The number of carbonyl (C=O) groups excluding carboxylic acids is 2. The van der Waals surface area contributed by atoms with Crippen LogP contribution in [-0.2, 0) is 16.1 Å². The van der Waals surface area contributed by atoms with Crippen molar-refractivity contribution in [1.82, 2.24) is 19.7 Å². The molecule has 2 fully saturated rings. The van der Waals surface area contributed by atoms with Crippen molar-refractivity contribution in [3.63, 3.8) is 0 Å². The number of aromatic nitrogens is 1. The summed E-state index contributed by atoms with van der Waals surface area (Å²) >= 11 is 0. The molecule has 9 nitrogen and oxygen atoms in total. The average molecular weight is 485 g/mol. The standard InChI is InChI=1S/C26H36N4O5/c1-26(25(32)27-18-6-4-5-7-18)17-29-20(16-19-21(33-2)8-9-22(34-3)23(19)29)24(31)30(26)11-10-28-12-14-35-15-13-28/h8-9,16,18H,4-7,10-15,17H2,1-3H3,(H,27,32)/t26-/m1/s1. The van der Waals surface area contributed by atoms with Crippen LogP contribution in [0.5, 0.6) is 11.5 Å². The molecule has 0 bridgehead atoms. The third-order valence-corrected chi connectivity index (χ3v) is 7.87. The largest absolute Gasteiger partial charge is 0.496 e. The molecule has 1 aromatic carbocycles. The van der Waals surface area contributed by atoms with Gasteiger partial charge in [-0.15, -0.1) is 0 Å². The number of morpholine rings is 1. The first-order chi connectivity index (χ1) is 17.0. The van der Waals surface area contributed by atoms with Crippen LogP contribution in [0.1, 0.15) is 43.1 Å². The lowest BCUT2D eigenvalue weighted by molar-refractivity contribution is -0.133. The number of nitrogens with zero attached hydrogens (tertiary/aromatic N) is 3. The number of ether oxygens (including phenoxy) is 3. The van der Waals surface area contributed by atoms with Crippen LogP contribution in [0.3, 0.4) is 0 Å². The minimum Gasteiger partial charge on any atom is -0.496 e. The van der Waals surface area contributed by atoms with E-state index in [1.54, 1.807) is 19.1 Å². The summed E-state index contributed by atoms with van der Waals surface area (Å²) in [5, 5.41) is 4.07. The number of nitrogens with one attached hydrogen (secondary N) is 1. The first-order valence-corrected chi connectivity index (χ1v) is 12.6. The molecule has 190 valence electrons. The van der Waals surface area contributed by atoms with E-state index < -0.39 is 5.54 Å². The van der Waals surface area contributed by atoms with Gasteiger partial charge in [-0.3, -0.25) is 14.5 Å². The highest BCUT2D eigenvalue weighted by Crippen LogP contribution is 2.40. The number of methoxy groups -OCH3 is 2. The quantitative estimate of drug-likeness (QED) is 0.649. The van der Waals surface area contributed by atoms with Crippen molar-refractivity contribution in [2.24, 2.45) is 0 Å². The molecule has 5 rings (SSSR count). The van der Waals surface area contributed by atoms with Gasteiger partial charge >= 0.3 is 0 Å². The first-order valence-electron chi connectivity index (χ1n) is 12.6. The zero-order chi connectivity index (χ0) is 24.6.